The lowest BCUT2D eigenvalue weighted by Gasteiger charge is -2.30. The van der Waals surface area contributed by atoms with E-state index in [4.69, 9.17) is 4.74 Å². The monoisotopic (exact) mass is 394 g/mol. The molecule has 28 heavy (non-hydrogen) atoms. The molecule has 0 aliphatic carbocycles. The third-order valence-electron chi connectivity index (χ3n) is 5.36. The summed E-state index contributed by atoms with van der Waals surface area (Å²) in [6.45, 7) is 4.45. The highest BCUT2D eigenvalue weighted by atomic mass is 35.5. The molecule has 1 saturated heterocycles. The van der Waals surface area contributed by atoms with Gasteiger partial charge in [0.2, 0.25) is 0 Å². The summed E-state index contributed by atoms with van der Waals surface area (Å²) in [6.07, 6.45) is 10.2. The summed E-state index contributed by atoms with van der Waals surface area (Å²) in [4.78, 5) is 7.13. The fourth-order valence-corrected chi connectivity index (χ4v) is 3.90. The molecule has 0 unspecified atom stereocenters. The number of aryl methyl sites for hydroxylation is 1. The van der Waals surface area contributed by atoms with E-state index < -0.39 is 0 Å². The summed E-state index contributed by atoms with van der Waals surface area (Å²) in [5.74, 6) is 0.906. The highest BCUT2D eigenvalue weighted by Crippen LogP contribution is 2.29. The van der Waals surface area contributed by atoms with Gasteiger partial charge in [0.05, 0.1) is 12.8 Å². The second-order valence-electron chi connectivity index (χ2n) is 7.18. The van der Waals surface area contributed by atoms with Crippen LogP contribution in [0, 0.1) is 6.92 Å². The summed E-state index contributed by atoms with van der Waals surface area (Å²) in [5.41, 5.74) is 4.75. The molecule has 3 aromatic rings. The standard InChI is InChI=1S/C24H26N2O.ClH/c1-18-17-25-20(16-23(18)26-14-4-3-5-15-26)13-12-19-8-6-10-22-21(19)9-7-11-24(22)27-2;/h6-13,16-17H,3-5,14-15H2,1-2H3;1H/b13-12-;. The smallest absolute Gasteiger partial charge is 0.126 e. The quantitative estimate of drug-likeness (QED) is 0.531. The molecule has 1 aliphatic rings. The fraction of sp³-hybridized carbons (Fsp3) is 0.292. The van der Waals surface area contributed by atoms with Crippen LogP contribution in [0.5, 0.6) is 5.75 Å². The normalized spacial score (nSPS) is 14.3. The Morgan fingerprint density at radius 1 is 0.964 bits per heavy atom. The van der Waals surface area contributed by atoms with Crippen LogP contribution in [0.1, 0.15) is 36.1 Å². The molecule has 2 heterocycles. The molecule has 0 bridgehead atoms. The zero-order valence-electron chi connectivity index (χ0n) is 16.5. The number of piperidine rings is 1. The highest BCUT2D eigenvalue weighted by Gasteiger charge is 2.13. The Morgan fingerprint density at radius 3 is 2.50 bits per heavy atom. The van der Waals surface area contributed by atoms with Gasteiger partial charge in [0.25, 0.3) is 0 Å². The van der Waals surface area contributed by atoms with Crippen LogP contribution in [0.25, 0.3) is 22.9 Å². The minimum atomic E-state index is 0. The molecule has 0 atom stereocenters. The highest BCUT2D eigenvalue weighted by molar-refractivity contribution is 5.96. The van der Waals surface area contributed by atoms with Crippen LogP contribution in [0.15, 0.2) is 48.7 Å². The minimum Gasteiger partial charge on any atom is -0.496 e. The number of anilines is 1. The molecule has 2 aromatic carbocycles. The molecule has 3 nitrogen and oxygen atoms in total. The lowest BCUT2D eigenvalue weighted by Crippen LogP contribution is -2.30. The van der Waals surface area contributed by atoms with Crippen LogP contribution in [0.2, 0.25) is 0 Å². The topological polar surface area (TPSA) is 25.4 Å². The first-order chi connectivity index (χ1) is 13.3. The Hall–Kier alpha value is -2.52. The van der Waals surface area contributed by atoms with E-state index in [-0.39, 0.29) is 12.4 Å². The number of hydrogen-bond donors (Lipinski definition) is 0. The van der Waals surface area contributed by atoms with Crippen molar-refractivity contribution in [1.29, 1.82) is 0 Å². The van der Waals surface area contributed by atoms with E-state index in [2.05, 4.69) is 59.3 Å². The second kappa shape index (κ2) is 9.11. The lowest BCUT2D eigenvalue weighted by molar-refractivity contribution is 0.420. The number of methoxy groups -OCH3 is 1. The first-order valence-corrected chi connectivity index (χ1v) is 9.71. The van der Waals surface area contributed by atoms with Gasteiger partial charge < -0.3 is 9.64 Å². The SMILES string of the molecule is COc1cccc2c(/C=C\c3cc(N4CCCCC4)c(C)cn3)cccc12.Cl. The van der Waals surface area contributed by atoms with Crippen LogP contribution >= 0.6 is 12.4 Å². The van der Waals surface area contributed by atoms with Crippen LogP contribution < -0.4 is 9.64 Å². The van der Waals surface area contributed by atoms with Gasteiger partial charge in [-0.2, -0.15) is 0 Å². The fourth-order valence-electron chi connectivity index (χ4n) is 3.90. The predicted octanol–water partition coefficient (Wildman–Crippen LogP) is 6.13. The predicted molar refractivity (Wildman–Crippen MR) is 122 cm³/mol. The molecule has 0 N–H and O–H groups in total. The molecular weight excluding hydrogens is 368 g/mol. The number of fused-ring (bicyclic) bond motifs is 1. The minimum absolute atomic E-state index is 0. The van der Waals surface area contributed by atoms with Gasteiger partial charge in [-0.1, -0.05) is 36.4 Å². The van der Waals surface area contributed by atoms with E-state index >= 15 is 0 Å². The number of aromatic nitrogens is 1. The largest absolute Gasteiger partial charge is 0.496 e. The summed E-state index contributed by atoms with van der Waals surface area (Å²) in [6, 6.07) is 14.7. The Bertz CT molecular complexity index is 978. The van der Waals surface area contributed by atoms with E-state index in [0.717, 1.165) is 29.9 Å². The molecule has 1 aliphatic heterocycles. The lowest BCUT2D eigenvalue weighted by atomic mass is 10.0. The van der Waals surface area contributed by atoms with Crippen LogP contribution in [-0.4, -0.2) is 25.2 Å². The number of nitrogens with zero attached hydrogens (tertiary/aromatic N) is 2. The van der Waals surface area contributed by atoms with Crippen LogP contribution in [0.4, 0.5) is 5.69 Å². The van der Waals surface area contributed by atoms with Crippen molar-refractivity contribution in [2.45, 2.75) is 26.2 Å². The Labute approximate surface area is 173 Å². The van der Waals surface area contributed by atoms with Gasteiger partial charge in [0.15, 0.2) is 0 Å². The maximum Gasteiger partial charge on any atom is 0.126 e. The number of rotatable bonds is 4. The van der Waals surface area contributed by atoms with Crippen molar-refractivity contribution in [2.75, 3.05) is 25.1 Å². The first-order valence-electron chi connectivity index (χ1n) is 9.71. The molecule has 0 radical (unpaired) electrons. The van der Waals surface area contributed by atoms with Gasteiger partial charge in [0.1, 0.15) is 5.75 Å². The molecule has 0 saturated carbocycles. The Kier molecular flexibility index (Phi) is 6.58. The van der Waals surface area contributed by atoms with E-state index in [1.807, 2.05) is 18.3 Å². The van der Waals surface area contributed by atoms with Gasteiger partial charge in [-0.3, -0.25) is 4.98 Å². The molecule has 146 valence electrons. The molecule has 0 spiro atoms. The molecule has 1 fully saturated rings. The number of halogens is 1. The third kappa shape index (κ3) is 4.15. The Morgan fingerprint density at radius 2 is 1.71 bits per heavy atom. The van der Waals surface area contributed by atoms with Gasteiger partial charge in [-0.05, 0) is 60.9 Å². The van der Waals surface area contributed by atoms with Gasteiger partial charge >= 0.3 is 0 Å². The average Bonchev–Trinajstić information content (AvgIpc) is 2.73. The van der Waals surface area contributed by atoms with Crippen molar-refractivity contribution in [1.82, 2.24) is 4.98 Å². The van der Waals surface area contributed by atoms with Crippen LogP contribution in [0.3, 0.4) is 0 Å². The number of hydrogen-bond acceptors (Lipinski definition) is 3. The summed E-state index contributed by atoms with van der Waals surface area (Å²) >= 11 is 0. The Balaban J connectivity index is 0.00000225. The number of ether oxygens (including phenoxy) is 1. The molecule has 4 rings (SSSR count). The van der Waals surface area contributed by atoms with Gasteiger partial charge in [0, 0.05) is 30.4 Å². The number of pyridine rings is 1. The molecule has 4 heteroatoms. The van der Waals surface area contributed by atoms with E-state index in [0.29, 0.717) is 0 Å². The van der Waals surface area contributed by atoms with Crippen molar-refractivity contribution >= 4 is 41.0 Å². The van der Waals surface area contributed by atoms with E-state index in [1.165, 1.54) is 41.5 Å². The zero-order valence-corrected chi connectivity index (χ0v) is 17.3. The molecule has 0 amide bonds. The van der Waals surface area contributed by atoms with Crippen molar-refractivity contribution < 1.29 is 4.74 Å². The molecular formula is C24H27ClN2O. The van der Waals surface area contributed by atoms with Crippen LogP contribution in [-0.2, 0) is 0 Å². The van der Waals surface area contributed by atoms with Gasteiger partial charge in [-0.25, -0.2) is 0 Å². The third-order valence-corrected chi connectivity index (χ3v) is 5.36. The maximum atomic E-state index is 5.50. The molecule has 1 aromatic heterocycles. The first kappa shape index (κ1) is 20.2. The van der Waals surface area contributed by atoms with Crippen molar-refractivity contribution in [3.63, 3.8) is 0 Å². The number of benzene rings is 2. The van der Waals surface area contributed by atoms with Crippen molar-refractivity contribution in [2.24, 2.45) is 0 Å². The van der Waals surface area contributed by atoms with E-state index in [9.17, 15) is 0 Å². The maximum absolute atomic E-state index is 5.50. The van der Waals surface area contributed by atoms with Crippen molar-refractivity contribution in [3.8, 4) is 5.75 Å². The van der Waals surface area contributed by atoms with E-state index in [1.54, 1.807) is 7.11 Å². The summed E-state index contributed by atoms with van der Waals surface area (Å²) in [7, 11) is 1.72. The zero-order chi connectivity index (χ0) is 18.6. The van der Waals surface area contributed by atoms with Crippen molar-refractivity contribution in [3.05, 3.63) is 65.5 Å². The second-order valence-corrected chi connectivity index (χ2v) is 7.18. The summed E-state index contributed by atoms with van der Waals surface area (Å²) in [5, 5.41) is 2.32. The van der Waals surface area contributed by atoms with Gasteiger partial charge in [-0.15, -0.1) is 12.4 Å². The summed E-state index contributed by atoms with van der Waals surface area (Å²) < 4.78 is 5.50. The average molecular weight is 395 g/mol.